The van der Waals surface area contributed by atoms with Gasteiger partial charge in [-0.05, 0) is 55.2 Å². The Morgan fingerprint density at radius 1 is 1.19 bits per heavy atom. The first-order valence-electron chi connectivity index (χ1n) is 8.72. The first-order chi connectivity index (χ1) is 12.5. The van der Waals surface area contributed by atoms with Crippen LogP contribution in [-0.4, -0.2) is 29.5 Å². The van der Waals surface area contributed by atoms with Gasteiger partial charge in [-0.15, -0.1) is 0 Å². The summed E-state index contributed by atoms with van der Waals surface area (Å²) < 4.78 is 33.5. The molecule has 6 heteroatoms. The maximum absolute atomic E-state index is 14.1. The Kier molecular flexibility index (Phi) is 5.83. The first-order valence-corrected chi connectivity index (χ1v) is 8.72. The Balaban J connectivity index is 1.67. The molecular formula is C20H23F2N3O. The van der Waals surface area contributed by atoms with Crippen molar-refractivity contribution in [2.24, 2.45) is 0 Å². The predicted octanol–water partition coefficient (Wildman–Crippen LogP) is 3.63. The van der Waals surface area contributed by atoms with Gasteiger partial charge in [-0.25, -0.2) is 9.37 Å². The molecule has 26 heavy (non-hydrogen) atoms. The maximum Gasteiger partial charge on any atom is 0.200 e. The molecule has 1 aliphatic rings. The number of pyridine rings is 1. The van der Waals surface area contributed by atoms with Crippen molar-refractivity contribution in [1.82, 2.24) is 9.88 Å². The molecule has 2 N–H and O–H groups in total. The zero-order valence-electron chi connectivity index (χ0n) is 14.8. The fourth-order valence-corrected chi connectivity index (χ4v) is 3.04. The number of rotatable bonds is 6. The zero-order valence-corrected chi connectivity index (χ0v) is 14.8. The van der Waals surface area contributed by atoms with Crippen LogP contribution in [-0.2, 0) is 13.0 Å². The summed E-state index contributed by atoms with van der Waals surface area (Å²) in [5.74, 6) is -1.59. The van der Waals surface area contributed by atoms with E-state index < -0.39 is 11.6 Å². The second-order valence-corrected chi connectivity index (χ2v) is 6.55. The van der Waals surface area contributed by atoms with Crippen molar-refractivity contribution in [3.05, 3.63) is 64.9 Å². The number of halogens is 2. The van der Waals surface area contributed by atoms with Crippen molar-refractivity contribution >= 4 is 5.82 Å². The SMILES string of the molecule is Cc1cc(N)nc(COc2cc(CCN3CC=CCC3)cc(F)c2F)c1. The molecule has 0 fully saturated rings. The molecule has 1 aliphatic heterocycles. The van der Waals surface area contributed by atoms with Gasteiger partial charge in [0.2, 0.25) is 5.82 Å². The number of hydrogen-bond donors (Lipinski definition) is 1. The lowest BCUT2D eigenvalue weighted by Crippen LogP contribution is -2.29. The summed E-state index contributed by atoms with van der Waals surface area (Å²) in [5, 5.41) is 0. The highest BCUT2D eigenvalue weighted by molar-refractivity contribution is 5.35. The molecule has 0 atom stereocenters. The zero-order chi connectivity index (χ0) is 18.5. The molecule has 1 aromatic heterocycles. The van der Waals surface area contributed by atoms with Crippen LogP contribution in [0, 0.1) is 18.6 Å². The Labute approximate surface area is 152 Å². The van der Waals surface area contributed by atoms with Gasteiger partial charge < -0.3 is 10.5 Å². The van der Waals surface area contributed by atoms with Crippen molar-refractivity contribution < 1.29 is 13.5 Å². The minimum absolute atomic E-state index is 0.0304. The molecule has 4 nitrogen and oxygen atoms in total. The number of nitrogens with two attached hydrogens (primary N) is 1. The van der Waals surface area contributed by atoms with E-state index in [2.05, 4.69) is 22.0 Å². The van der Waals surface area contributed by atoms with E-state index in [1.807, 2.05) is 6.92 Å². The minimum atomic E-state index is -0.977. The monoisotopic (exact) mass is 359 g/mol. The van der Waals surface area contributed by atoms with Crippen LogP contribution in [0.4, 0.5) is 14.6 Å². The van der Waals surface area contributed by atoms with Crippen LogP contribution < -0.4 is 10.5 Å². The lowest BCUT2D eigenvalue weighted by atomic mass is 10.1. The summed E-state index contributed by atoms with van der Waals surface area (Å²) in [4.78, 5) is 6.42. The first kappa shape index (κ1) is 18.3. The number of anilines is 1. The van der Waals surface area contributed by atoms with Crippen molar-refractivity contribution in [3.8, 4) is 5.75 Å². The third kappa shape index (κ3) is 4.79. The Morgan fingerprint density at radius 2 is 2.04 bits per heavy atom. The van der Waals surface area contributed by atoms with Crippen molar-refractivity contribution in [3.63, 3.8) is 0 Å². The molecule has 2 heterocycles. The van der Waals surface area contributed by atoms with Gasteiger partial charge >= 0.3 is 0 Å². The van der Waals surface area contributed by atoms with Crippen molar-refractivity contribution in [2.75, 3.05) is 25.4 Å². The van der Waals surface area contributed by atoms with E-state index in [9.17, 15) is 8.78 Å². The summed E-state index contributed by atoms with van der Waals surface area (Å²) in [7, 11) is 0. The molecule has 0 unspecified atom stereocenters. The molecule has 1 aromatic carbocycles. The number of aromatic nitrogens is 1. The second kappa shape index (κ2) is 8.27. The molecule has 0 aliphatic carbocycles. The Hall–Kier alpha value is -2.47. The van der Waals surface area contributed by atoms with E-state index in [1.54, 1.807) is 18.2 Å². The summed E-state index contributed by atoms with van der Waals surface area (Å²) in [6, 6.07) is 6.35. The van der Waals surface area contributed by atoms with Crippen molar-refractivity contribution in [2.45, 2.75) is 26.4 Å². The largest absolute Gasteiger partial charge is 0.484 e. The molecule has 3 rings (SSSR count). The standard InChI is InChI=1S/C20H23F2N3O/c1-14-9-16(24-19(23)10-14)13-26-18-12-15(11-17(21)20(18)22)5-8-25-6-3-2-4-7-25/h2-3,9-12H,4-8,13H2,1H3,(H2,23,24). The fraction of sp³-hybridized carbons (Fsp3) is 0.350. The van der Waals surface area contributed by atoms with Gasteiger partial charge in [0.25, 0.3) is 0 Å². The summed E-state index contributed by atoms with van der Waals surface area (Å²) >= 11 is 0. The van der Waals surface area contributed by atoms with E-state index in [0.717, 1.165) is 31.6 Å². The lowest BCUT2D eigenvalue weighted by molar-refractivity contribution is 0.279. The summed E-state index contributed by atoms with van der Waals surface area (Å²) in [5.41, 5.74) is 7.93. The molecule has 138 valence electrons. The number of nitrogens with zero attached hydrogens (tertiary/aromatic N) is 2. The van der Waals surface area contributed by atoms with Crippen LogP contribution >= 0.6 is 0 Å². The van der Waals surface area contributed by atoms with Gasteiger partial charge in [-0.3, -0.25) is 4.90 Å². The molecule has 0 amide bonds. The van der Waals surface area contributed by atoms with Gasteiger partial charge in [0.1, 0.15) is 12.4 Å². The number of aryl methyl sites for hydroxylation is 1. The third-order valence-corrected chi connectivity index (χ3v) is 4.33. The van der Waals surface area contributed by atoms with E-state index in [4.69, 9.17) is 10.5 Å². The van der Waals surface area contributed by atoms with Gasteiger partial charge in [0, 0.05) is 19.6 Å². The highest BCUT2D eigenvalue weighted by atomic mass is 19.2. The average Bonchev–Trinajstić information content (AvgIpc) is 2.61. The highest BCUT2D eigenvalue weighted by Crippen LogP contribution is 2.24. The molecule has 0 saturated heterocycles. The van der Waals surface area contributed by atoms with Gasteiger partial charge in [-0.1, -0.05) is 12.2 Å². The van der Waals surface area contributed by atoms with Gasteiger partial charge in [-0.2, -0.15) is 4.39 Å². The fourth-order valence-electron chi connectivity index (χ4n) is 3.04. The smallest absolute Gasteiger partial charge is 0.200 e. The van der Waals surface area contributed by atoms with E-state index in [1.165, 1.54) is 6.07 Å². The topological polar surface area (TPSA) is 51.4 Å². The Morgan fingerprint density at radius 3 is 2.77 bits per heavy atom. The van der Waals surface area contributed by atoms with Gasteiger partial charge in [0.05, 0.1) is 5.69 Å². The lowest BCUT2D eigenvalue weighted by Gasteiger charge is -2.23. The minimum Gasteiger partial charge on any atom is -0.484 e. The van der Waals surface area contributed by atoms with Crippen LogP contribution in [0.2, 0.25) is 0 Å². The van der Waals surface area contributed by atoms with Crippen LogP contribution in [0.25, 0.3) is 0 Å². The predicted molar refractivity (Wildman–Crippen MR) is 98.0 cm³/mol. The highest BCUT2D eigenvalue weighted by Gasteiger charge is 2.14. The molecule has 0 radical (unpaired) electrons. The molecule has 2 aromatic rings. The number of ether oxygens (including phenoxy) is 1. The molecule has 0 spiro atoms. The van der Waals surface area contributed by atoms with E-state index in [-0.39, 0.29) is 12.4 Å². The van der Waals surface area contributed by atoms with Crippen LogP contribution in [0.1, 0.15) is 23.2 Å². The van der Waals surface area contributed by atoms with Gasteiger partial charge in [0.15, 0.2) is 11.6 Å². The summed E-state index contributed by atoms with van der Waals surface area (Å²) in [6.45, 7) is 4.60. The second-order valence-electron chi connectivity index (χ2n) is 6.55. The number of hydrogen-bond acceptors (Lipinski definition) is 4. The maximum atomic E-state index is 14.1. The summed E-state index contributed by atoms with van der Waals surface area (Å²) in [6.07, 6.45) is 5.95. The van der Waals surface area contributed by atoms with Crippen LogP contribution in [0.15, 0.2) is 36.4 Å². The molecular weight excluding hydrogens is 336 g/mol. The number of nitrogen functional groups attached to an aromatic ring is 1. The number of benzene rings is 1. The molecule has 0 bridgehead atoms. The Bertz CT molecular complexity index is 788. The quantitative estimate of drug-likeness (QED) is 0.800. The molecule has 0 saturated carbocycles. The van der Waals surface area contributed by atoms with E-state index in [0.29, 0.717) is 23.5 Å². The van der Waals surface area contributed by atoms with E-state index >= 15 is 0 Å². The third-order valence-electron chi connectivity index (χ3n) is 4.33. The average molecular weight is 359 g/mol. The van der Waals surface area contributed by atoms with Crippen LogP contribution in [0.3, 0.4) is 0 Å². The van der Waals surface area contributed by atoms with Crippen molar-refractivity contribution in [1.29, 1.82) is 0 Å². The normalized spacial score (nSPS) is 14.6. The van der Waals surface area contributed by atoms with Crippen LogP contribution in [0.5, 0.6) is 5.75 Å².